The van der Waals surface area contributed by atoms with Crippen LogP contribution in [0.25, 0.3) is 33.5 Å². The lowest BCUT2D eigenvalue weighted by Gasteiger charge is -2.17. The Balaban J connectivity index is 1.68. The van der Waals surface area contributed by atoms with E-state index in [1.807, 2.05) is 18.2 Å². The van der Waals surface area contributed by atoms with E-state index in [1.54, 1.807) is 12.1 Å². The van der Waals surface area contributed by atoms with E-state index in [9.17, 15) is 4.79 Å². The fraction of sp³-hybridized carbons (Fsp3) is 0.286. The van der Waals surface area contributed by atoms with Gasteiger partial charge in [0.2, 0.25) is 0 Å². The van der Waals surface area contributed by atoms with Crippen LogP contribution in [0.1, 0.15) is 19.8 Å². The summed E-state index contributed by atoms with van der Waals surface area (Å²) in [5.41, 5.74) is 9.36. The third-order valence-corrected chi connectivity index (χ3v) is 5.14. The van der Waals surface area contributed by atoms with Gasteiger partial charge in [0.05, 0.1) is 12.1 Å². The van der Waals surface area contributed by atoms with E-state index in [4.69, 9.17) is 29.7 Å². The maximum Gasteiger partial charge on any atom is 0.344 e. The summed E-state index contributed by atoms with van der Waals surface area (Å²) in [7, 11) is 0. The van der Waals surface area contributed by atoms with Gasteiger partial charge in [-0.25, -0.2) is 9.78 Å². The molecular weight excluding hydrogens is 388 g/mol. The number of nitrogen functional groups attached to an aromatic ring is 1. The lowest BCUT2D eigenvalue weighted by atomic mass is 10.2. The van der Waals surface area contributed by atoms with Gasteiger partial charge in [-0.1, -0.05) is 0 Å². The van der Waals surface area contributed by atoms with Crippen molar-refractivity contribution in [2.75, 3.05) is 12.3 Å². The molecule has 0 saturated heterocycles. The minimum absolute atomic E-state index is 0.120. The normalized spacial score (nSPS) is 14.8. The predicted octanol–water partition coefficient (Wildman–Crippen LogP) is 3.45. The first kappa shape index (κ1) is 18.3. The maximum atomic E-state index is 11.2. The zero-order chi connectivity index (χ0) is 20.8. The Labute approximate surface area is 171 Å². The van der Waals surface area contributed by atoms with Crippen molar-refractivity contribution >= 4 is 34.1 Å². The number of anilines is 1. The first-order chi connectivity index (χ1) is 14.5. The number of aliphatic carboxylic acids is 1. The highest BCUT2D eigenvalue weighted by atomic mass is 16.5. The largest absolute Gasteiger partial charge is 0.491 e. The number of oxazole rings is 1. The Kier molecular flexibility index (Phi) is 4.23. The Hall–Kier alpha value is -3.75. The van der Waals surface area contributed by atoms with Crippen LogP contribution >= 0.6 is 0 Å². The summed E-state index contributed by atoms with van der Waals surface area (Å²) in [6.45, 7) is 2.85. The van der Waals surface area contributed by atoms with Crippen LogP contribution in [0.2, 0.25) is 0 Å². The SMILES string of the molecule is CC(Oc1cc2c3c(c1)nc(-c1ccc4oc(N)nc4c1)n3CCCCO2)C(=O)O. The van der Waals surface area contributed by atoms with Crippen LogP contribution < -0.4 is 15.2 Å². The van der Waals surface area contributed by atoms with Crippen molar-refractivity contribution in [3.05, 3.63) is 30.3 Å². The number of aromatic nitrogens is 3. The van der Waals surface area contributed by atoms with Crippen molar-refractivity contribution in [1.29, 1.82) is 0 Å². The summed E-state index contributed by atoms with van der Waals surface area (Å²) in [5, 5.41) is 9.16. The molecular formula is C21H20N4O5. The molecule has 3 N–H and O–H groups in total. The van der Waals surface area contributed by atoms with Gasteiger partial charge in [-0.05, 0) is 38.0 Å². The molecule has 1 aliphatic rings. The molecule has 0 radical (unpaired) electrons. The molecule has 0 saturated carbocycles. The number of ether oxygens (including phenoxy) is 2. The number of carboxylic acids is 1. The molecule has 2 aromatic heterocycles. The quantitative estimate of drug-likeness (QED) is 0.526. The first-order valence-corrected chi connectivity index (χ1v) is 9.72. The number of carbonyl (C=O) groups is 1. The third kappa shape index (κ3) is 3.08. The number of hydrogen-bond acceptors (Lipinski definition) is 7. The lowest BCUT2D eigenvalue weighted by molar-refractivity contribution is -0.144. The first-order valence-electron chi connectivity index (χ1n) is 9.72. The molecule has 1 aliphatic heterocycles. The molecule has 0 bridgehead atoms. The average Bonchev–Trinajstić information content (AvgIpc) is 3.24. The van der Waals surface area contributed by atoms with E-state index >= 15 is 0 Å². The second-order valence-electron chi connectivity index (χ2n) is 7.26. The van der Waals surface area contributed by atoms with Gasteiger partial charge in [0.15, 0.2) is 11.7 Å². The molecule has 3 heterocycles. The second kappa shape index (κ2) is 6.94. The van der Waals surface area contributed by atoms with E-state index in [2.05, 4.69) is 9.55 Å². The topological polar surface area (TPSA) is 126 Å². The van der Waals surface area contributed by atoms with Gasteiger partial charge >= 0.3 is 5.97 Å². The summed E-state index contributed by atoms with van der Waals surface area (Å²) >= 11 is 0. The molecule has 0 spiro atoms. The molecule has 9 heteroatoms. The number of aryl methyl sites for hydroxylation is 1. The Bertz CT molecular complexity index is 1280. The molecule has 9 nitrogen and oxygen atoms in total. The maximum absolute atomic E-state index is 11.2. The second-order valence-corrected chi connectivity index (χ2v) is 7.26. The summed E-state index contributed by atoms with van der Waals surface area (Å²) < 4.78 is 19.0. The molecule has 1 atom stereocenters. The summed E-state index contributed by atoms with van der Waals surface area (Å²) in [6.07, 6.45) is 0.865. The van der Waals surface area contributed by atoms with Gasteiger partial charge in [-0.3, -0.25) is 0 Å². The number of nitrogens with two attached hydrogens (primary N) is 1. The van der Waals surface area contributed by atoms with Crippen LogP contribution in [0.3, 0.4) is 0 Å². The minimum Gasteiger partial charge on any atom is -0.491 e. The van der Waals surface area contributed by atoms with Crippen LogP contribution in [0.4, 0.5) is 6.01 Å². The standard InChI is InChI=1S/C21H20N4O5/c1-11(20(26)27)29-13-9-15-18-17(10-13)28-7-3-2-6-25(18)19(23-15)12-4-5-16-14(8-12)24-21(22)30-16/h4-5,8-11H,2-3,6-7H2,1H3,(H2,22,24)(H,26,27). The van der Waals surface area contributed by atoms with E-state index in [0.717, 1.165) is 36.3 Å². The number of benzene rings is 2. The number of fused-ring (bicyclic) bond motifs is 1. The molecule has 0 amide bonds. The molecule has 1 unspecified atom stereocenters. The summed E-state index contributed by atoms with van der Waals surface area (Å²) in [5.74, 6) is 0.767. The van der Waals surface area contributed by atoms with E-state index in [-0.39, 0.29) is 6.01 Å². The zero-order valence-electron chi connectivity index (χ0n) is 16.3. The lowest BCUT2D eigenvalue weighted by Crippen LogP contribution is -2.22. The molecule has 0 aliphatic carbocycles. The highest BCUT2D eigenvalue weighted by Gasteiger charge is 2.22. The molecule has 2 aromatic carbocycles. The van der Waals surface area contributed by atoms with E-state index in [0.29, 0.717) is 34.7 Å². The Morgan fingerprint density at radius 1 is 1.23 bits per heavy atom. The molecule has 154 valence electrons. The van der Waals surface area contributed by atoms with Crippen LogP contribution in [0, 0.1) is 0 Å². The molecule has 0 fully saturated rings. The number of rotatable bonds is 4. The van der Waals surface area contributed by atoms with Crippen molar-refractivity contribution in [1.82, 2.24) is 14.5 Å². The Morgan fingerprint density at radius 3 is 2.93 bits per heavy atom. The number of carboxylic acid groups (broad SMARTS) is 1. The monoisotopic (exact) mass is 408 g/mol. The predicted molar refractivity (Wildman–Crippen MR) is 110 cm³/mol. The highest BCUT2D eigenvalue weighted by molar-refractivity contribution is 5.89. The minimum atomic E-state index is -1.04. The van der Waals surface area contributed by atoms with Gasteiger partial charge < -0.3 is 29.3 Å². The smallest absolute Gasteiger partial charge is 0.344 e. The van der Waals surface area contributed by atoms with Crippen molar-refractivity contribution in [2.45, 2.75) is 32.4 Å². The van der Waals surface area contributed by atoms with Gasteiger partial charge in [-0.15, -0.1) is 0 Å². The van der Waals surface area contributed by atoms with Crippen molar-refractivity contribution in [3.8, 4) is 22.9 Å². The number of imidazole rings is 1. The van der Waals surface area contributed by atoms with Gasteiger partial charge in [0.1, 0.15) is 28.4 Å². The van der Waals surface area contributed by atoms with Crippen LogP contribution in [-0.4, -0.2) is 38.3 Å². The highest BCUT2D eigenvalue weighted by Crippen LogP contribution is 2.37. The Morgan fingerprint density at radius 2 is 2.10 bits per heavy atom. The van der Waals surface area contributed by atoms with Crippen molar-refractivity contribution in [2.24, 2.45) is 0 Å². The number of nitrogens with zero attached hydrogens (tertiary/aromatic N) is 3. The molecule has 30 heavy (non-hydrogen) atoms. The van der Waals surface area contributed by atoms with E-state index in [1.165, 1.54) is 6.92 Å². The van der Waals surface area contributed by atoms with Crippen molar-refractivity contribution in [3.63, 3.8) is 0 Å². The molecule has 4 aromatic rings. The number of hydrogen-bond donors (Lipinski definition) is 2. The fourth-order valence-electron chi connectivity index (χ4n) is 3.71. The fourth-order valence-corrected chi connectivity index (χ4v) is 3.71. The third-order valence-electron chi connectivity index (χ3n) is 5.14. The van der Waals surface area contributed by atoms with Gasteiger partial charge in [-0.2, -0.15) is 4.98 Å². The van der Waals surface area contributed by atoms with Crippen LogP contribution in [0.5, 0.6) is 11.5 Å². The van der Waals surface area contributed by atoms with Crippen LogP contribution in [0.15, 0.2) is 34.7 Å². The van der Waals surface area contributed by atoms with E-state index < -0.39 is 12.1 Å². The van der Waals surface area contributed by atoms with Gasteiger partial charge in [0.25, 0.3) is 6.01 Å². The molecule has 5 rings (SSSR count). The zero-order valence-corrected chi connectivity index (χ0v) is 16.3. The van der Waals surface area contributed by atoms with Crippen molar-refractivity contribution < 1.29 is 23.8 Å². The van der Waals surface area contributed by atoms with Gasteiger partial charge in [0, 0.05) is 24.2 Å². The average molecular weight is 408 g/mol. The van der Waals surface area contributed by atoms with Crippen LogP contribution in [-0.2, 0) is 11.3 Å². The summed E-state index contributed by atoms with van der Waals surface area (Å²) in [4.78, 5) is 20.2. The summed E-state index contributed by atoms with van der Waals surface area (Å²) in [6, 6.07) is 9.23.